The third-order valence-electron chi connectivity index (χ3n) is 5.08. The number of ether oxygens (including phenoxy) is 1. The van der Waals surface area contributed by atoms with E-state index in [1.54, 1.807) is 36.4 Å². The van der Waals surface area contributed by atoms with Gasteiger partial charge < -0.3 is 9.84 Å². The largest absolute Gasteiger partial charge is 0.491 e. The second-order valence-corrected chi connectivity index (χ2v) is 7.73. The summed E-state index contributed by atoms with van der Waals surface area (Å²) in [7, 11) is 0. The van der Waals surface area contributed by atoms with Crippen LogP contribution in [0, 0.1) is 5.82 Å². The van der Waals surface area contributed by atoms with Crippen molar-refractivity contribution in [3.63, 3.8) is 0 Å². The number of hydrogen-bond donors (Lipinski definition) is 1. The number of aliphatic hydroxyl groups is 1. The van der Waals surface area contributed by atoms with E-state index in [4.69, 9.17) is 16.3 Å². The Bertz CT molecular complexity index is 803. The maximum atomic E-state index is 14.0. The molecule has 3 rings (SSSR count). The molecule has 0 unspecified atom stereocenters. The Morgan fingerprint density at radius 1 is 1.14 bits per heavy atom. The van der Waals surface area contributed by atoms with Crippen LogP contribution in [-0.2, 0) is 6.54 Å². The fourth-order valence-electron chi connectivity index (χ4n) is 3.37. The van der Waals surface area contributed by atoms with Crippen LogP contribution in [0.25, 0.3) is 0 Å². The Labute approximate surface area is 175 Å². The number of carbonyl (C=O) groups excluding carboxylic acids is 1. The summed E-state index contributed by atoms with van der Waals surface area (Å²) >= 11 is 6.11. The lowest BCUT2D eigenvalue weighted by molar-refractivity contribution is 0.0444. The molecule has 5 nitrogen and oxygen atoms in total. The zero-order chi connectivity index (χ0) is 20.8. The van der Waals surface area contributed by atoms with Gasteiger partial charge in [0.05, 0.1) is 0 Å². The van der Waals surface area contributed by atoms with Crippen LogP contribution in [0.2, 0.25) is 5.02 Å². The van der Waals surface area contributed by atoms with Crippen LogP contribution in [-0.4, -0.2) is 66.1 Å². The molecule has 1 aliphatic heterocycles. The van der Waals surface area contributed by atoms with E-state index in [0.717, 1.165) is 26.2 Å². The molecule has 1 saturated heterocycles. The highest BCUT2D eigenvalue weighted by atomic mass is 35.5. The smallest absolute Gasteiger partial charge is 0.159 e. The Morgan fingerprint density at radius 3 is 2.41 bits per heavy atom. The quantitative estimate of drug-likeness (QED) is 0.664. The highest BCUT2D eigenvalue weighted by Gasteiger charge is 2.21. The average Bonchev–Trinajstić information content (AvgIpc) is 2.71. The number of hydrogen-bond acceptors (Lipinski definition) is 5. The van der Waals surface area contributed by atoms with Crippen molar-refractivity contribution in [3.8, 4) is 5.75 Å². The second kappa shape index (κ2) is 10.2. The summed E-state index contributed by atoms with van der Waals surface area (Å²) in [5.41, 5.74) is 1.17. The van der Waals surface area contributed by atoms with Gasteiger partial charge in [-0.05, 0) is 43.3 Å². The van der Waals surface area contributed by atoms with Crippen molar-refractivity contribution >= 4 is 17.4 Å². The minimum atomic E-state index is -0.616. The molecule has 2 aromatic rings. The Hall–Kier alpha value is -1.99. The number of Topliss-reactive ketones (excluding diaryl/α,β-unsaturated/α-hetero) is 1. The monoisotopic (exact) mass is 420 g/mol. The van der Waals surface area contributed by atoms with Gasteiger partial charge in [-0.15, -0.1) is 0 Å². The molecule has 2 aromatic carbocycles. The predicted octanol–water partition coefficient (Wildman–Crippen LogP) is 3.24. The van der Waals surface area contributed by atoms with Gasteiger partial charge in [0.1, 0.15) is 24.3 Å². The number of ketones is 1. The van der Waals surface area contributed by atoms with Gasteiger partial charge in [0.2, 0.25) is 0 Å². The molecule has 0 radical (unpaired) electrons. The maximum absolute atomic E-state index is 14.0. The normalized spacial score (nSPS) is 16.6. The molecule has 1 aliphatic rings. The number of piperazine rings is 1. The highest BCUT2D eigenvalue weighted by Crippen LogP contribution is 2.21. The van der Waals surface area contributed by atoms with Crippen LogP contribution in [0.4, 0.5) is 4.39 Å². The standard InChI is InChI=1S/C22H26ClFN2O3/c1-16(27)17-5-7-19(8-6-17)29-15-18(28)13-25-9-11-26(12-10-25)14-20-21(23)3-2-4-22(20)24/h2-8,18,28H,9-15H2,1H3/t18-/m0/s1. The first-order valence-corrected chi connectivity index (χ1v) is 10.1. The second-order valence-electron chi connectivity index (χ2n) is 7.32. The lowest BCUT2D eigenvalue weighted by atomic mass is 10.1. The molecule has 7 heteroatoms. The zero-order valence-corrected chi connectivity index (χ0v) is 17.2. The summed E-state index contributed by atoms with van der Waals surface area (Å²) in [4.78, 5) is 15.6. The van der Waals surface area contributed by atoms with Crippen molar-refractivity contribution in [1.29, 1.82) is 0 Å². The van der Waals surface area contributed by atoms with Gasteiger partial charge in [-0.3, -0.25) is 14.6 Å². The van der Waals surface area contributed by atoms with Crippen LogP contribution < -0.4 is 4.74 Å². The number of aliphatic hydroxyl groups excluding tert-OH is 1. The van der Waals surface area contributed by atoms with E-state index < -0.39 is 6.10 Å². The zero-order valence-electron chi connectivity index (χ0n) is 16.5. The van der Waals surface area contributed by atoms with Crippen LogP contribution in [0.5, 0.6) is 5.75 Å². The molecule has 1 fully saturated rings. The molecule has 1 N–H and O–H groups in total. The van der Waals surface area contributed by atoms with Gasteiger partial charge in [-0.25, -0.2) is 4.39 Å². The van der Waals surface area contributed by atoms with Crippen molar-refractivity contribution in [3.05, 3.63) is 64.4 Å². The molecule has 1 heterocycles. The van der Waals surface area contributed by atoms with E-state index in [1.165, 1.54) is 13.0 Å². The molecular weight excluding hydrogens is 395 g/mol. The fourth-order valence-corrected chi connectivity index (χ4v) is 3.59. The fraction of sp³-hybridized carbons (Fsp3) is 0.409. The number of benzene rings is 2. The average molecular weight is 421 g/mol. The number of nitrogens with zero attached hydrogens (tertiary/aromatic N) is 2. The minimum absolute atomic E-state index is 0.00741. The summed E-state index contributed by atoms with van der Waals surface area (Å²) in [5, 5.41) is 10.7. The van der Waals surface area contributed by atoms with E-state index in [1.807, 2.05) is 0 Å². The van der Waals surface area contributed by atoms with Gasteiger partial charge >= 0.3 is 0 Å². The SMILES string of the molecule is CC(=O)c1ccc(OC[C@@H](O)CN2CCN(Cc3c(F)cccc3Cl)CC2)cc1. The van der Waals surface area contributed by atoms with Crippen molar-refractivity contribution in [2.45, 2.75) is 19.6 Å². The van der Waals surface area contributed by atoms with Gasteiger partial charge in [-0.1, -0.05) is 17.7 Å². The van der Waals surface area contributed by atoms with Gasteiger partial charge in [-0.2, -0.15) is 0 Å². The highest BCUT2D eigenvalue weighted by molar-refractivity contribution is 6.31. The Balaban J connectivity index is 1.40. The molecular formula is C22H26ClFN2O3. The van der Waals surface area contributed by atoms with Crippen molar-refractivity contribution in [1.82, 2.24) is 9.80 Å². The van der Waals surface area contributed by atoms with Crippen LogP contribution in [0.15, 0.2) is 42.5 Å². The molecule has 0 bridgehead atoms. The van der Waals surface area contributed by atoms with Crippen molar-refractivity contribution < 1.29 is 19.0 Å². The number of β-amino-alcohol motifs (C(OH)–C–C–N with tert-alkyl or cyclic N) is 1. The topological polar surface area (TPSA) is 53.0 Å². The first-order chi connectivity index (χ1) is 13.9. The predicted molar refractivity (Wildman–Crippen MR) is 111 cm³/mol. The molecule has 0 spiro atoms. The first kappa shape index (κ1) is 21.7. The van der Waals surface area contributed by atoms with Crippen molar-refractivity contribution in [2.24, 2.45) is 0 Å². The van der Waals surface area contributed by atoms with E-state index in [2.05, 4.69) is 9.80 Å². The molecule has 0 aromatic heterocycles. The molecule has 0 saturated carbocycles. The van der Waals surface area contributed by atoms with Gasteiger partial charge in [0.15, 0.2) is 5.78 Å². The number of carbonyl (C=O) groups is 1. The lowest BCUT2D eigenvalue weighted by Gasteiger charge is -2.35. The minimum Gasteiger partial charge on any atom is -0.491 e. The Kier molecular flexibility index (Phi) is 7.61. The first-order valence-electron chi connectivity index (χ1n) is 9.72. The molecule has 0 amide bonds. The van der Waals surface area contributed by atoms with E-state index in [9.17, 15) is 14.3 Å². The number of rotatable bonds is 8. The van der Waals surface area contributed by atoms with Gasteiger partial charge in [0.25, 0.3) is 0 Å². The summed E-state index contributed by atoms with van der Waals surface area (Å²) in [6, 6.07) is 11.6. The van der Waals surface area contributed by atoms with Crippen LogP contribution >= 0.6 is 11.6 Å². The summed E-state index contributed by atoms with van der Waals surface area (Å²) in [6.07, 6.45) is -0.616. The maximum Gasteiger partial charge on any atom is 0.159 e. The van der Waals surface area contributed by atoms with E-state index >= 15 is 0 Å². The summed E-state index contributed by atoms with van der Waals surface area (Å²) < 4.78 is 19.6. The van der Waals surface area contributed by atoms with Crippen LogP contribution in [0.1, 0.15) is 22.8 Å². The molecule has 29 heavy (non-hydrogen) atoms. The third kappa shape index (κ3) is 6.24. The number of halogens is 2. The molecule has 156 valence electrons. The summed E-state index contributed by atoms with van der Waals surface area (Å²) in [5.74, 6) is 0.359. The molecule has 1 atom stereocenters. The van der Waals surface area contributed by atoms with Crippen molar-refractivity contribution in [2.75, 3.05) is 39.3 Å². The van der Waals surface area contributed by atoms with Gasteiger partial charge in [0, 0.05) is 55.4 Å². The third-order valence-corrected chi connectivity index (χ3v) is 5.43. The summed E-state index contributed by atoms with van der Waals surface area (Å²) in [6.45, 7) is 5.85. The van der Waals surface area contributed by atoms with E-state index in [0.29, 0.717) is 35.0 Å². The molecule has 0 aliphatic carbocycles. The van der Waals surface area contributed by atoms with Crippen LogP contribution in [0.3, 0.4) is 0 Å². The van der Waals surface area contributed by atoms with E-state index in [-0.39, 0.29) is 18.2 Å². The lowest BCUT2D eigenvalue weighted by Crippen LogP contribution is -2.48. The Morgan fingerprint density at radius 2 is 1.79 bits per heavy atom.